The molecule has 0 spiro atoms. The maximum absolute atomic E-state index is 13.0. The van der Waals surface area contributed by atoms with E-state index in [1.165, 1.54) is 18.2 Å². The number of hydrogen-bond donors (Lipinski definition) is 1. The second kappa shape index (κ2) is 7.35. The van der Waals surface area contributed by atoms with Gasteiger partial charge in [-0.15, -0.1) is 0 Å². The van der Waals surface area contributed by atoms with Crippen molar-refractivity contribution in [1.82, 2.24) is 14.9 Å². The van der Waals surface area contributed by atoms with Crippen molar-refractivity contribution in [2.75, 3.05) is 0 Å². The molecule has 1 aliphatic rings. The number of hydrogen-bond acceptors (Lipinski definition) is 6. The first-order chi connectivity index (χ1) is 12.4. The SMILES string of the molecule is Cc1nc(C2(NS(=O)(=O)c3ccc(C#N)c(Cl)c3)CCCCCC2)no1. The van der Waals surface area contributed by atoms with Crippen LogP contribution in [0.1, 0.15) is 55.8 Å². The molecule has 0 radical (unpaired) electrons. The Bertz CT molecular complexity index is 941. The number of nitriles is 1. The molecule has 7 nitrogen and oxygen atoms in total. The molecule has 1 N–H and O–H groups in total. The second-order valence-electron chi connectivity index (χ2n) is 6.49. The van der Waals surface area contributed by atoms with Crippen LogP contribution in [0.5, 0.6) is 0 Å². The standard InChI is InChI=1S/C17H19ClN4O3S/c1-12-20-16(21-25-12)17(8-4-2-3-5-9-17)22-26(23,24)14-7-6-13(11-19)15(18)10-14/h6-7,10,22H,2-5,8-9H2,1H3. The molecule has 0 bridgehead atoms. The van der Waals surface area contributed by atoms with Crippen LogP contribution in [-0.4, -0.2) is 18.6 Å². The summed E-state index contributed by atoms with van der Waals surface area (Å²) in [5.41, 5.74) is -0.684. The van der Waals surface area contributed by atoms with E-state index < -0.39 is 15.6 Å². The van der Waals surface area contributed by atoms with Crippen molar-refractivity contribution in [2.24, 2.45) is 0 Å². The topological polar surface area (TPSA) is 109 Å². The van der Waals surface area contributed by atoms with E-state index in [4.69, 9.17) is 21.4 Å². The molecule has 1 aromatic heterocycles. The third-order valence-corrected chi connectivity index (χ3v) is 6.46. The summed E-state index contributed by atoms with van der Waals surface area (Å²) >= 11 is 6.01. The Labute approximate surface area is 157 Å². The minimum Gasteiger partial charge on any atom is -0.340 e. The monoisotopic (exact) mass is 394 g/mol. The van der Waals surface area contributed by atoms with Crippen LogP contribution in [0.2, 0.25) is 5.02 Å². The van der Waals surface area contributed by atoms with Gasteiger partial charge in [-0.1, -0.05) is 42.4 Å². The van der Waals surface area contributed by atoms with E-state index in [9.17, 15) is 8.42 Å². The fourth-order valence-electron chi connectivity index (χ4n) is 3.27. The minimum absolute atomic E-state index is 0.00494. The Morgan fingerprint density at radius 1 is 1.27 bits per heavy atom. The Kier molecular flexibility index (Phi) is 5.32. The van der Waals surface area contributed by atoms with Gasteiger partial charge in [0.1, 0.15) is 6.07 Å². The normalized spacial score (nSPS) is 17.4. The van der Waals surface area contributed by atoms with Gasteiger partial charge in [-0.2, -0.15) is 15.0 Å². The third-order valence-electron chi connectivity index (χ3n) is 4.61. The maximum Gasteiger partial charge on any atom is 0.241 e. The zero-order chi connectivity index (χ0) is 18.8. The lowest BCUT2D eigenvalue weighted by Crippen LogP contribution is -2.46. The summed E-state index contributed by atoms with van der Waals surface area (Å²) in [4.78, 5) is 4.30. The molecule has 0 unspecified atom stereocenters. The smallest absolute Gasteiger partial charge is 0.241 e. The third kappa shape index (κ3) is 3.75. The number of aryl methyl sites for hydroxylation is 1. The van der Waals surface area contributed by atoms with Crippen molar-refractivity contribution >= 4 is 21.6 Å². The number of sulfonamides is 1. The van der Waals surface area contributed by atoms with Crippen molar-refractivity contribution in [3.8, 4) is 6.07 Å². The van der Waals surface area contributed by atoms with Gasteiger partial charge >= 0.3 is 0 Å². The van der Waals surface area contributed by atoms with Gasteiger partial charge in [0.15, 0.2) is 5.82 Å². The Morgan fingerprint density at radius 2 is 1.96 bits per heavy atom. The van der Waals surface area contributed by atoms with Crippen LogP contribution in [0.4, 0.5) is 0 Å². The molecule has 0 aliphatic heterocycles. The van der Waals surface area contributed by atoms with E-state index in [0.717, 1.165) is 25.7 Å². The van der Waals surface area contributed by atoms with E-state index in [0.29, 0.717) is 24.6 Å². The molecule has 1 heterocycles. The predicted octanol–water partition coefficient (Wildman–Crippen LogP) is 3.43. The highest BCUT2D eigenvalue weighted by atomic mass is 35.5. The van der Waals surface area contributed by atoms with Gasteiger partial charge in [-0.25, -0.2) is 8.42 Å². The Hall–Kier alpha value is -1.95. The highest BCUT2D eigenvalue weighted by molar-refractivity contribution is 7.89. The fraction of sp³-hybridized carbons (Fsp3) is 0.471. The lowest BCUT2D eigenvalue weighted by atomic mass is 9.91. The summed E-state index contributed by atoms with van der Waals surface area (Å²) in [6.07, 6.45) is 4.98. The van der Waals surface area contributed by atoms with E-state index in [1.54, 1.807) is 6.92 Å². The average molecular weight is 395 g/mol. The van der Waals surface area contributed by atoms with Crippen molar-refractivity contribution in [3.05, 3.63) is 40.5 Å². The number of aromatic nitrogens is 2. The highest BCUT2D eigenvalue weighted by Gasteiger charge is 2.41. The van der Waals surface area contributed by atoms with Crippen LogP contribution < -0.4 is 4.72 Å². The molecular formula is C17H19ClN4O3S. The maximum atomic E-state index is 13.0. The van der Waals surface area contributed by atoms with Gasteiger partial charge in [-0.3, -0.25) is 0 Å². The van der Waals surface area contributed by atoms with Gasteiger partial charge in [0, 0.05) is 6.92 Å². The number of nitrogens with zero attached hydrogens (tertiary/aromatic N) is 3. The molecule has 3 rings (SSSR count). The van der Waals surface area contributed by atoms with Gasteiger partial charge in [0.25, 0.3) is 0 Å². The van der Waals surface area contributed by atoms with Crippen molar-refractivity contribution in [1.29, 1.82) is 5.26 Å². The van der Waals surface area contributed by atoms with Gasteiger partial charge in [-0.05, 0) is 31.0 Å². The molecule has 1 aromatic carbocycles. The summed E-state index contributed by atoms with van der Waals surface area (Å²) < 4.78 is 33.9. The van der Waals surface area contributed by atoms with Crippen LogP contribution in [0.15, 0.2) is 27.6 Å². The molecule has 1 fully saturated rings. The Balaban J connectivity index is 2.00. The Morgan fingerprint density at radius 3 is 2.50 bits per heavy atom. The van der Waals surface area contributed by atoms with Crippen LogP contribution in [0.3, 0.4) is 0 Å². The summed E-state index contributed by atoms with van der Waals surface area (Å²) in [5.74, 6) is 0.754. The summed E-state index contributed by atoms with van der Waals surface area (Å²) in [7, 11) is -3.89. The van der Waals surface area contributed by atoms with Crippen molar-refractivity contribution < 1.29 is 12.9 Å². The highest BCUT2D eigenvalue weighted by Crippen LogP contribution is 2.36. The molecule has 9 heteroatoms. The average Bonchev–Trinajstić information content (AvgIpc) is 2.91. The molecule has 0 atom stereocenters. The first-order valence-corrected chi connectivity index (χ1v) is 10.3. The van der Waals surface area contributed by atoms with E-state index >= 15 is 0 Å². The van der Waals surface area contributed by atoms with Gasteiger partial charge in [0.2, 0.25) is 15.9 Å². The molecule has 138 valence electrons. The van der Waals surface area contributed by atoms with Gasteiger partial charge in [0.05, 0.1) is 21.0 Å². The van der Waals surface area contributed by atoms with Crippen LogP contribution in [0, 0.1) is 18.3 Å². The van der Waals surface area contributed by atoms with E-state index in [-0.39, 0.29) is 15.5 Å². The number of halogens is 1. The summed E-state index contributed by atoms with van der Waals surface area (Å²) in [5, 5.41) is 13.1. The molecular weight excluding hydrogens is 376 g/mol. The fourth-order valence-corrected chi connectivity index (χ4v) is 5.00. The zero-order valence-electron chi connectivity index (χ0n) is 14.3. The predicted molar refractivity (Wildman–Crippen MR) is 94.9 cm³/mol. The second-order valence-corrected chi connectivity index (χ2v) is 8.58. The molecule has 0 saturated heterocycles. The van der Waals surface area contributed by atoms with Crippen molar-refractivity contribution in [3.63, 3.8) is 0 Å². The molecule has 2 aromatic rings. The number of nitrogens with one attached hydrogen (secondary N) is 1. The first-order valence-electron chi connectivity index (χ1n) is 8.41. The zero-order valence-corrected chi connectivity index (χ0v) is 15.9. The molecule has 0 amide bonds. The quantitative estimate of drug-likeness (QED) is 0.795. The number of benzene rings is 1. The largest absolute Gasteiger partial charge is 0.340 e. The van der Waals surface area contributed by atoms with Crippen LogP contribution in [-0.2, 0) is 15.6 Å². The number of rotatable bonds is 4. The first kappa shape index (κ1) is 18.8. The van der Waals surface area contributed by atoms with Crippen molar-refractivity contribution in [2.45, 2.75) is 55.9 Å². The lowest BCUT2D eigenvalue weighted by Gasteiger charge is -2.30. The molecule has 26 heavy (non-hydrogen) atoms. The molecule has 1 aliphatic carbocycles. The lowest BCUT2D eigenvalue weighted by molar-refractivity contribution is 0.301. The molecule has 1 saturated carbocycles. The van der Waals surface area contributed by atoms with Crippen LogP contribution >= 0.6 is 11.6 Å². The summed E-state index contributed by atoms with van der Waals surface area (Å²) in [6.45, 7) is 1.68. The summed E-state index contributed by atoms with van der Waals surface area (Å²) in [6, 6.07) is 5.98. The van der Waals surface area contributed by atoms with E-state index in [1.807, 2.05) is 6.07 Å². The minimum atomic E-state index is -3.89. The van der Waals surface area contributed by atoms with E-state index in [2.05, 4.69) is 14.9 Å². The van der Waals surface area contributed by atoms with Crippen LogP contribution in [0.25, 0.3) is 0 Å². The van der Waals surface area contributed by atoms with Gasteiger partial charge < -0.3 is 4.52 Å².